The van der Waals surface area contributed by atoms with Gasteiger partial charge in [0.2, 0.25) is 0 Å². The van der Waals surface area contributed by atoms with Gasteiger partial charge in [-0.25, -0.2) is 17.9 Å². The fraction of sp³-hybridized carbons (Fsp3) is 0.370. The Morgan fingerprint density at radius 2 is 1.56 bits per heavy atom. The van der Waals surface area contributed by atoms with Gasteiger partial charge in [-0.15, -0.1) is 5.10 Å². The van der Waals surface area contributed by atoms with Crippen LogP contribution in [0.1, 0.15) is 32.4 Å². The molecule has 41 heavy (non-hydrogen) atoms. The number of nitrogens with zero attached hydrogens (tertiary/aromatic N) is 3. The fourth-order valence-electron chi connectivity index (χ4n) is 4.29. The number of carbonyl (C=O) groups excluding carboxylic acids is 3. The standard InChI is InChI=1S/C27H26F3N3O7S/c1-13-5-7-18(8-6-13)41-27-26(39-16(4)36)24(25(38-15(3)35)22(40-27)12-37-14(2)34)33-11-21(31-32-33)17-9-19(28)23(30)20(29)10-17/h5-11,22,24-27H,12H2,1-4H3. The van der Waals surface area contributed by atoms with E-state index in [1.165, 1.54) is 36.5 Å². The molecule has 10 nitrogen and oxygen atoms in total. The van der Waals surface area contributed by atoms with Crippen LogP contribution in [0.2, 0.25) is 0 Å². The largest absolute Gasteiger partial charge is 0.463 e. The van der Waals surface area contributed by atoms with E-state index in [2.05, 4.69) is 10.3 Å². The van der Waals surface area contributed by atoms with Crippen LogP contribution in [0.15, 0.2) is 47.5 Å². The summed E-state index contributed by atoms with van der Waals surface area (Å²) in [6, 6.07) is 7.85. The molecule has 1 saturated heterocycles. The number of rotatable bonds is 8. The van der Waals surface area contributed by atoms with Gasteiger partial charge in [-0.3, -0.25) is 14.4 Å². The number of carbonyl (C=O) groups is 3. The second-order valence-corrected chi connectivity index (χ2v) is 10.4. The molecule has 0 aliphatic carbocycles. The normalized spacial score (nSPS) is 22.2. The predicted molar refractivity (Wildman–Crippen MR) is 138 cm³/mol. The molecule has 1 fully saturated rings. The Morgan fingerprint density at radius 1 is 0.951 bits per heavy atom. The van der Waals surface area contributed by atoms with Crippen molar-refractivity contribution in [3.63, 3.8) is 0 Å². The summed E-state index contributed by atoms with van der Waals surface area (Å²) in [7, 11) is 0. The smallest absolute Gasteiger partial charge is 0.303 e. The zero-order valence-corrected chi connectivity index (χ0v) is 23.2. The van der Waals surface area contributed by atoms with Crippen molar-refractivity contribution in [3.8, 4) is 11.3 Å². The second kappa shape index (κ2) is 12.7. The zero-order valence-electron chi connectivity index (χ0n) is 22.4. The van der Waals surface area contributed by atoms with Gasteiger partial charge in [0.15, 0.2) is 29.7 Å². The highest BCUT2D eigenvalue weighted by Crippen LogP contribution is 2.41. The first-order valence-electron chi connectivity index (χ1n) is 12.4. The number of esters is 3. The molecule has 2 heterocycles. The molecular weight excluding hydrogens is 567 g/mol. The third-order valence-corrected chi connectivity index (χ3v) is 7.20. The maximum atomic E-state index is 13.9. The van der Waals surface area contributed by atoms with Crippen molar-refractivity contribution >= 4 is 29.7 Å². The number of halogens is 3. The molecule has 0 saturated carbocycles. The molecule has 1 aromatic heterocycles. The number of thioether (sulfide) groups is 1. The molecule has 3 aromatic rings. The zero-order chi connectivity index (χ0) is 29.8. The molecule has 2 aromatic carbocycles. The monoisotopic (exact) mass is 593 g/mol. The van der Waals surface area contributed by atoms with Crippen molar-refractivity contribution in [2.45, 2.75) is 62.4 Å². The van der Waals surface area contributed by atoms with Crippen LogP contribution in [0.4, 0.5) is 13.2 Å². The Kier molecular flexibility index (Phi) is 9.33. The Morgan fingerprint density at radius 3 is 2.15 bits per heavy atom. The summed E-state index contributed by atoms with van der Waals surface area (Å²) in [5.41, 5.74) is -0.0707. The van der Waals surface area contributed by atoms with Crippen LogP contribution in [0, 0.1) is 24.4 Å². The summed E-state index contributed by atoms with van der Waals surface area (Å²) in [6.07, 6.45) is -2.13. The number of hydrogen-bond donors (Lipinski definition) is 0. The van der Waals surface area contributed by atoms with Gasteiger partial charge >= 0.3 is 17.9 Å². The van der Waals surface area contributed by atoms with Gasteiger partial charge in [-0.05, 0) is 31.2 Å². The highest BCUT2D eigenvalue weighted by atomic mass is 32.2. The average Bonchev–Trinajstić information content (AvgIpc) is 3.38. The highest BCUT2D eigenvalue weighted by Gasteiger charge is 2.52. The highest BCUT2D eigenvalue weighted by molar-refractivity contribution is 7.99. The lowest BCUT2D eigenvalue weighted by molar-refractivity contribution is -0.212. The van der Waals surface area contributed by atoms with Crippen molar-refractivity contribution < 1.29 is 46.5 Å². The molecule has 5 unspecified atom stereocenters. The topological polar surface area (TPSA) is 119 Å². The van der Waals surface area contributed by atoms with Gasteiger partial charge in [0.1, 0.15) is 29.9 Å². The van der Waals surface area contributed by atoms with E-state index in [0.717, 1.165) is 29.5 Å². The Labute approximate surface area is 237 Å². The Balaban J connectivity index is 1.81. The van der Waals surface area contributed by atoms with Crippen LogP contribution in [0.5, 0.6) is 0 Å². The molecule has 0 spiro atoms. The molecule has 0 bridgehead atoms. The number of aromatic nitrogens is 3. The first kappa shape index (κ1) is 30.1. The average molecular weight is 594 g/mol. The van der Waals surface area contributed by atoms with Crippen LogP contribution >= 0.6 is 11.8 Å². The van der Waals surface area contributed by atoms with Crippen LogP contribution in [0.3, 0.4) is 0 Å². The molecule has 0 amide bonds. The van der Waals surface area contributed by atoms with Gasteiger partial charge in [0, 0.05) is 31.2 Å². The van der Waals surface area contributed by atoms with Crippen molar-refractivity contribution in [1.29, 1.82) is 0 Å². The predicted octanol–water partition coefficient (Wildman–Crippen LogP) is 4.16. The summed E-state index contributed by atoms with van der Waals surface area (Å²) >= 11 is 1.21. The summed E-state index contributed by atoms with van der Waals surface area (Å²) in [6.45, 7) is 5.14. The van der Waals surface area contributed by atoms with Gasteiger partial charge in [0.25, 0.3) is 0 Å². The summed E-state index contributed by atoms with van der Waals surface area (Å²) in [5.74, 6) is -6.49. The van der Waals surface area contributed by atoms with E-state index < -0.39 is 65.1 Å². The van der Waals surface area contributed by atoms with Crippen molar-refractivity contribution in [2.75, 3.05) is 6.61 Å². The molecule has 1 aliphatic rings. The molecule has 1 aliphatic heterocycles. The SMILES string of the molecule is CC(=O)OCC1OC(Sc2ccc(C)cc2)C(OC(C)=O)C(n2cc(-c3cc(F)c(F)c(F)c3)nn2)C1OC(C)=O. The van der Waals surface area contributed by atoms with Crippen LogP contribution in [-0.2, 0) is 33.3 Å². The summed E-state index contributed by atoms with van der Waals surface area (Å²) in [5, 5.41) is 8.03. The van der Waals surface area contributed by atoms with E-state index in [9.17, 15) is 27.6 Å². The van der Waals surface area contributed by atoms with E-state index in [1.807, 2.05) is 31.2 Å². The first-order valence-corrected chi connectivity index (χ1v) is 13.2. The number of hydrogen-bond acceptors (Lipinski definition) is 10. The van der Waals surface area contributed by atoms with Crippen LogP contribution in [0.25, 0.3) is 11.3 Å². The van der Waals surface area contributed by atoms with E-state index in [4.69, 9.17) is 18.9 Å². The molecule has 4 rings (SSSR count). The molecule has 218 valence electrons. The number of benzene rings is 2. The minimum absolute atomic E-state index is 0.0447. The van der Waals surface area contributed by atoms with Crippen molar-refractivity contribution in [1.82, 2.24) is 15.0 Å². The summed E-state index contributed by atoms with van der Waals surface area (Å²) in [4.78, 5) is 36.8. The Hall–Kier alpha value is -3.91. The summed E-state index contributed by atoms with van der Waals surface area (Å²) < 4.78 is 65.3. The van der Waals surface area contributed by atoms with Crippen LogP contribution in [-0.4, -0.2) is 63.3 Å². The molecule has 14 heteroatoms. The fourth-order valence-corrected chi connectivity index (χ4v) is 5.40. The Bertz CT molecular complexity index is 1410. The number of ether oxygens (including phenoxy) is 4. The quantitative estimate of drug-likeness (QED) is 0.214. The lowest BCUT2D eigenvalue weighted by Crippen LogP contribution is -2.57. The maximum Gasteiger partial charge on any atom is 0.303 e. The van der Waals surface area contributed by atoms with E-state index in [-0.39, 0.29) is 17.9 Å². The van der Waals surface area contributed by atoms with E-state index in [0.29, 0.717) is 0 Å². The number of aryl methyl sites for hydroxylation is 1. The lowest BCUT2D eigenvalue weighted by atomic mass is 9.96. The third-order valence-electron chi connectivity index (χ3n) is 6.04. The lowest BCUT2D eigenvalue weighted by Gasteiger charge is -2.44. The van der Waals surface area contributed by atoms with Crippen molar-refractivity contribution in [3.05, 3.63) is 65.6 Å². The second-order valence-electron chi connectivity index (χ2n) is 9.25. The van der Waals surface area contributed by atoms with Gasteiger partial charge < -0.3 is 18.9 Å². The minimum atomic E-state index is -1.64. The van der Waals surface area contributed by atoms with Gasteiger partial charge in [-0.1, -0.05) is 34.7 Å². The van der Waals surface area contributed by atoms with Gasteiger partial charge in [0.05, 0.1) is 6.20 Å². The molecule has 0 radical (unpaired) electrons. The molecular formula is C27H26F3N3O7S. The third kappa shape index (κ3) is 7.24. The van der Waals surface area contributed by atoms with E-state index >= 15 is 0 Å². The molecule has 5 atom stereocenters. The molecule has 0 N–H and O–H groups in total. The van der Waals surface area contributed by atoms with Gasteiger partial charge in [-0.2, -0.15) is 0 Å². The van der Waals surface area contributed by atoms with E-state index in [1.54, 1.807) is 0 Å². The maximum absolute atomic E-state index is 13.9. The van der Waals surface area contributed by atoms with Crippen LogP contribution < -0.4 is 0 Å². The first-order chi connectivity index (χ1) is 19.4. The minimum Gasteiger partial charge on any atom is -0.463 e. The van der Waals surface area contributed by atoms with Crippen molar-refractivity contribution in [2.24, 2.45) is 0 Å².